The predicted octanol–water partition coefficient (Wildman–Crippen LogP) is 8.26. The lowest BCUT2D eigenvalue weighted by Gasteiger charge is -2.28. The van der Waals surface area contributed by atoms with Crippen LogP contribution in [0.1, 0.15) is 35.2 Å². The van der Waals surface area contributed by atoms with E-state index >= 15 is 0 Å². The van der Waals surface area contributed by atoms with Gasteiger partial charge in [0, 0.05) is 30.2 Å². The van der Waals surface area contributed by atoms with Crippen molar-refractivity contribution in [1.29, 1.82) is 0 Å². The van der Waals surface area contributed by atoms with E-state index in [1.807, 2.05) is 49.4 Å². The van der Waals surface area contributed by atoms with Gasteiger partial charge < -0.3 is 15.0 Å². The van der Waals surface area contributed by atoms with Gasteiger partial charge >= 0.3 is 12.4 Å². The van der Waals surface area contributed by atoms with Gasteiger partial charge in [0.05, 0.1) is 29.9 Å². The Hall–Kier alpha value is -3.79. The summed E-state index contributed by atoms with van der Waals surface area (Å²) in [4.78, 5) is 7.02. The van der Waals surface area contributed by atoms with Crippen LogP contribution in [0.3, 0.4) is 0 Å². The number of rotatable bonds is 5. The summed E-state index contributed by atoms with van der Waals surface area (Å²) < 4.78 is 85.9. The van der Waals surface area contributed by atoms with Crippen LogP contribution in [0.25, 0.3) is 22.0 Å². The Balaban J connectivity index is 1.56. The Morgan fingerprint density at radius 2 is 1.48 bits per heavy atom. The Kier molecular flexibility index (Phi) is 7.39. The summed E-state index contributed by atoms with van der Waals surface area (Å²) in [5, 5.41) is 3.90. The van der Waals surface area contributed by atoms with Crippen molar-refractivity contribution in [2.24, 2.45) is 0 Å². The zero-order valence-corrected chi connectivity index (χ0v) is 21.8. The highest BCUT2D eigenvalue weighted by Crippen LogP contribution is 2.39. The first-order chi connectivity index (χ1) is 18.9. The summed E-state index contributed by atoms with van der Waals surface area (Å²) in [5.74, 6) is 0.812. The van der Waals surface area contributed by atoms with Crippen molar-refractivity contribution in [2.75, 3.05) is 36.5 Å². The van der Waals surface area contributed by atoms with Crippen molar-refractivity contribution < 1.29 is 31.1 Å². The minimum absolute atomic E-state index is 0.123. The van der Waals surface area contributed by atoms with E-state index in [9.17, 15) is 26.3 Å². The molecule has 0 bridgehead atoms. The molecule has 2 heterocycles. The zero-order valence-electron chi connectivity index (χ0n) is 21.8. The number of nitrogens with zero attached hydrogens (tertiary/aromatic N) is 2. The lowest BCUT2D eigenvalue weighted by Crippen LogP contribution is -2.36. The van der Waals surface area contributed by atoms with E-state index in [-0.39, 0.29) is 11.6 Å². The number of benzene rings is 3. The molecule has 0 radical (unpaired) electrons. The molecular formula is C30H27F6N3O. The summed E-state index contributed by atoms with van der Waals surface area (Å²) in [7, 11) is 0. The fourth-order valence-corrected chi connectivity index (χ4v) is 4.92. The molecule has 1 saturated heterocycles. The molecule has 1 aromatic heterocycles. The van der Waals surface area contributed by atoms with E-state index < -0.39 is 29.5 Å². The molecule has 0 amide bonds. The molecule has 0 spiro atoms. The van der Waals surface area contributed by atoms with Gasteiger partial charge in [-0.15, -0.1) is 0 Å². The fraction of sp³-hybridized carbons (Fsp3) is 0.300. The highest BCUT2D eigenvalue weighted by molar-refractivity contribution is 5.98. The smallest absolute Gasteiger partial charge is 0.379 e. The van der Waals surface area contributed by atoms with Crippen LogP contribution in [0.4, 0.5) is 37.8 Å². The topological polar surface area (TPSA) is 37.4 Å². The van der Waals surface area contributed by atoms with Crippen LogP contribution in [0, 0.1) is 6.92 Å². The molecular weight excluding hydrogens is 532 g/mol. The van der Waals surface area contributed by atoms with Crippen LogP contribution in [-0.2, 0) is 17.1 Å². The maximum absolute atomic E-state index is 13.4. The minimum atomic E-state index is -4.91. The number of anilines is 2. The van der Waals surface area contributed by atoms with Crippen LogP contribution in [0.5, 0.6) is 0 Å². The number of hydrogen-bond acceptors (Lipinski definition) is 4. The largest absolute Gasteiger partial charge is 0.416 e. The van der Waals surface area contributed by atoms with Crippen LogP contribution in [0.2, 0.25) is 0 Å². The number of nitrogens with one attached hydrogen (secondary N) is 1. The number of pyridine rings is 1. The van der Waals surface area contributed by atoms with Crippen molar-refractivity contribution in [2.45, 2.75) is 32.2 Å². The second kappa shape index (κ2) is 10.6. The van der Waals surface area contributed by atoms with E-state index in [2.05, 4.69) is 10.2 Å². The highest BCUT2D eigenvalue weighted by Gasteiger charge is 2.37. The van der Waals surface area contributed by atoms with Crippen LogP contribution >= 0.6 is 0 Å². The molecule has 1 N–H and O–H groups in total. The van der Waals surface area contributed by atoms with Crippen LogP contribution < -0.4 is 10.2 Å². The minimum Gasteiger partial charge on any atom is -0.379 e. The highest BCUT2D eigenvalue weighted by atomic mass is 19.4. The third-order valence-electron chi connectivity index (χ3n) is 7.06. The van der Waals surface area contributed by atoms with Crippen molar-refractivity contribution >= 4 is 22.4 Å². The molecule has 0 saturated carbocycles. The number of halogens is 6. The SMILES string of the molecule is Cc1ccccc1-c1cc(N2CCOCC2)nc2ccc(NC(C)c3cc(C(F)(F)F)cc(C(F)(F)F)c3)cc12. The van der Waals surface area contributed by atoms with E-state index in [4.69, 9.17) is 9.72 Å². The number of hydrogen-bond donors (Lipinski definition) is 1. The molecule has 1 fully saturated rings. The van der Waals surface area contributed by atoms with Crippen LogP contribution in [0.15, 0.2) is 66.7 Å². The number of morpholine rings is 1. The Morgan fingerprint density at radius 3 is 2.10 bits per heavy atom. The van der Waals surface area contributed by atoms with Crippen molar-refractivity contribution in [3.05, 3.63) is 89.0 Å². The first-order valence-electron chi connectivity index (χ1n) is 12.8. The molecule has 210 valence electrons. The molecule has 1 aliphatic heterocycles. The standard InChI is InChI=1S/C30H27F6N3O/c1-18-5-3-4-6-24(18)25-17-28(39-9-11-40-12-10-39)38-27-8-7-23(16-26(25)27)37-19(2)20-13-21(29(31,32)33)15-22(14-20)30(34,35)36/h3-8,13-17,19,37H,9-12H2,1-2H3. The van der Waals surface area contributed by atoms with Crippen LogP contribution in [-0.4, -0.2) is 31.3 Å². The molecule has 1 aliphatic rings. The molecule has 3 aromatic carbocycles. The van der Waals surface area contributed by atoms with E-state index in [1.165, 1.54) is 6.92 Å². The van der Waals surface area contributed by atoms with Gasteiger partial charge in [-0.1, -0.05) is 24.3 Å². The third-order valence-corrected chi connectivity index (χ3v) is 7.06. The van der Waals surface area contributed by atoms with Gasteiger partial charge in [-0.25, -0.2) is 4.98 Å². The molecule has 4 nitrogen and oxygen atoms in total. The molecule has 1 unspecified atom stereocenters. The van der Waals surface area contributed by atoms with Gasteiger partial charge in [-0.3, -0.25) is 0 Å². The summed E-state index contributed by atoms with van der Waals surface area (Å²) in [6.45, 7) is 6.16. The first kappa shape index (κ1) is 27.8. The molecule has 5 rings (SSSR count). The van der Waals surface area contributed by atoms with Gasteiger partial charge in [-0.05, 0) is 78.6 Å². The third kappa shape index (κ3) is 5.86. The fourth-order valence-electron chi connectivity index (χ4n) is 4.92. The maximum Gasteiger partial charge on any atom is 0.416 e. The van der Waals surface area contributed by atoms with Crippen molar-refractivity contribution in [1.82, 2.24) is 4.98 Å². The van der Waals surface area contributed by atoms with E-state index in [1.54, 1.807) is 6.07 Å². The Bertz CT molecular complexity index is 1490. The van der Waals surface area contributed by atoms with Gasteiger partial charge in [0.1, 0.15) is 5.82 Å². The average molecular weight is 560 g/mol. The summed E-state index contributed by atoms with van der Waals surface area (Å²) in [6.07, 6.45) is -9.82. The first-order valence-corrected chi connectivity index (χ1v) is 12.8. The van der Waals surface area contributed by atoms with Gasteiger partial charge in [0.2, 0.25) is 0 Å². The maximum atomic E-state index is 13.4. The summed E-state index contributed by atoms with van der Waals surface area (Å²) >= 11 is 0. The summed E-state index contributed by atoms with van der Waals surface area (Å²) in [6, 6.07) is 16.1. The molecule has 40 heavy (non-hydrogen) atoms. The Morgan fingerprint density at radius 1 is 0.825 bits per heavy atom. The number of aryl methyl sites for hydroxylation is 1. The molecule has 0 aliphatic carbocycles. The predicted molar refractivity (Wildman–Crippen MR) is 143 cm³/mol. The van der Waals surface area contributed by atoms with Gasteiger partial charge in [0.25, 0.3) is 0 Å². The monoisotopic (exact) mass is 559 g/mol. The van der Waals surface area contributed by atoms with Crippen molar-refractivity contribution in [3.8, 4) is 11.1 Å². The average Bonchev–Trinajstić information content (AvgIpc) is 2.92. The lowest BCUT2D eigenvalue weighted by molar-refractivity contribution is -0.143. The number of fused-ring (bicyclic) bond motifs is 1. The lowest BCUT2D eigenvalue weighted by atomic mass is 9.96. The molecule has 1 atom stereocenters. The van der Waals surface area contributed by atoms with E-state index in [0.717, 1.165) is 45.5 Å². The van der Waals surface area contributed by atoms with Gasteiger partial charge in [-0.2, -0.15) is 26.3 Å². The molecule has 10 heteroatoms. The number of alkyl halides is 6. The zero-order chi connectivity index (χ0) is 28.7. The quantitative estimate of drug-likeness (QED) is 0.250. The van der Waals surface area contributed by atoms with E-state index in [0.29, 0.717) is 32.0 Å². The van der Waals surface area contributed by atoms with Gasteiger partial charge in [0.15, 0.2) is 0 Å². The second-order valence-corrected chi connectivity index (χ2v) is 9.88. The number of aromatic nitrogens is 1. The molecule has 4 aromatic rings. The normalized spacial score (nSPS) is 15.3. The second-order valence-electron chi connectivity index (χ2n) is 9.88. The number of ether oxygens (including phenoxy) is 1. The summed E-state index contributed by atoms with van der Waals surface area (Å²) in [5.41, 5.74) is 1.44. The van der Waals surface area contributed by atoms with Crippen molar-refractivity contribution in [3.63, 3.8) is 0 Å². The Labute approximate surface area is 227 Å².